The molecule has 5 rings (SSSR count). The molecule has 0 bridgehead atoms. The van der Waals surface area contributed by atoms with Gasteiger partial charge < -0.3 is 9.80 Å². The lowest BCUT2D eigenvalue weighted by atomic mass is 10.1. The first-order valence-electron chi connectivity index (χ1n) is 13.5. The molecular weight excluding hydrogens is 512 g/mol. The summed E-state index contributed by atoms with van der Waals surface area (Å²) in [6.45, 7) is 5.76. The van der Waals surface area contributed by atoms with Gasteiger partial charge in [0, 0.05) is 49.8 Å². The summed E-state index contributed by atoms with van der Waals surface area (Å²) in [5, 5.41) is 18.0. The Morgan fingerprint density at radius 3 is 2.05 bits per heavy atom. The minimum absolute atomic E-state index is 0.0482. The summed E-state index contributed by atoms with van der Waals surface area (Å²) < 4.78 is 0. The molecule has 0 atom stereocenters. The van der Waals surface area contributed by atoms with Crippen molar-refractivity contribution in [1.29, 1.82) is 0 Å². The second-order valence-corrected chi connectivity index (χ2v) is 11.1. The summed E-state index contributed by atoms with van der Waals surface area (Å²) in [6.07, 6.45) is 8.59. The van der Waals surface area contributed by atoms with Crippen molar-refractivity contribution in [2.24, 2.45) is 5.10 Å². The summed E-state index contributed by atoms with van der Waals surface area (Å²) in [4.78, 5) is 31.9. The smallest absolute Gasteiger partial charge is 0.283 e. The Kier molecular flexibility index (Phi) is 8.55. The van der Waals surface area contributed by atoms with Gasteiger partial charge in [0.05, 0.1) is 16.0 Å². The van der Waals surface area contributed by atoms with Crippen LogP contribution in [-0.4, -0.2) is 59.3 Å². The molecule has 39 heavy (non-hydrogen) atoms. The van der Waals surface area contributed by atoms with E-state index in [1.54, 1.807) is 30.4 Å². The number of rotatable bonds is 8. The molecule has 0 amide bonds. The monoisotopic (exact) mass is 546 g/mol. The van der Waals surface area contributed by atoms with Crippen LogP contribution in [0.5, 0.6) is 0 Å². The maximum atomic E-state index is 11.9. The number of nitro benzene ring substituents is 1. The number of nitrogens with zero attached hydrogens (tertiary/aromatic N) is 8. The van der Waals surface area contributed by atoms with Gasteiger partial charge in [0.1, 0.15) is 0 Å². The van der Waals surface area contributed by atoms with Crippen molar-refractivity contribution < 1.29 is 4.92 Å². The average molecular weight is 547 g/mol. The Labute approximate surface area is 233 Å². The van der Waals surface area contributed by atoms with Crippen LogP contribution in [0.2, 0.25) is 0 Å². The van der Waals surface area contributed by atoms with E-state index in [0.29, 0.717) is 28.3 Å². The number of aryl methyl sites for hydroxylation is 1. The molecule has 2 fully saturated rings. The highest BCUT2D eigenvalue weighted by molar-refractivity contribution is 7.99. The molecule has 0 N–H and O–H groups in total. The molecule has 2 aliphatic rings. The van der Waals surface area contributed by atoms with E-state index in [0.717, 1.165) is 62.3 Å². The Morgan fingerprint density at radius 1 is 0.897 bits per heavy atom. The summed E-state index contributed by atoms with van der Waals surface area (Å²) >= 11 is 1.38. The standard InChI is InChI=1S/C28H34N8O2S/c1-21-9-12-23(13-10-21)39-25-14-11-22(19-24(25)36(37)38)20-29-33(2)26-30-27(34-15-5-3-6-16-34)32-28(31-26)35-17-7-4-8-18-35/h9-14,19-20H,3-8,15-18H2,1-2H3. The van der Waals surface area contributed by atoms with Crippen LogP contribution in [0.15, 0.2) is 57.4 Å². The number of anilines is 3. The highest BCUT2D eigenvalue weighted by atomic mass is 32.2. The minimum Gasteiger partial charge on any atom is -0.341 e. The third-order valence-corrected chi connectivity index (χ3v) is 8.05. The van der Waals surface area contributed by atoms with Gasteiger partial charge in [-0.3, -0.25) is 10.1 Å². The van der Waals surface area contributed by atoms with Crippen LogP contribution >= 0.6 is 11.8 Å². The van der Waals surface area contributed by atoms with Crippen LogP contribution in [0.1, 0.15) is 49.7 Å². The van der Waals surface area contributed by atoms with Crippen LogP contribution in [0.4, 0.5) is 23.5 Å². The van der Waals surface area contributed by atoms with Crippen LogP contribution in [-0.2, 0) is 0 Å². The topological polar surface area (TPSA) is 104 Å². The first kappa shape index (κ1) is 26.9. The number of aromatic nitrogens is 3. The molecular formula is C28H34N8O2S. The van der Waals surface area contributed by atoms with E-state index in [4.69, 9.17) is 15.0 Å². The minimum atomic E-state index is -0.348. The Bertz CT molecular complexity index is 1290. The quantitative estimate of drug-likeness (QED) is 0.200. The SMILES string of the molecule is Cc1ccc(Sc2ccc(C=NN(C)c3nc(N4CCCCC4)nc(N4CCCCC4)n3)cc2[N+](=O)[O-])cc1. The van der Waals surface area contributed by atoms with Gasteiger partial charge in [0.25, 0.3) is 11.6 Å². The molecule has 10 nitrogen and oxygen atoms in total. The summed E-state index contributed by atoms with van der Waals surface area (Å²) in [7, 11) is 1.79. The lowest BCUT2D eigenvalue weighted by molar-refractivity contribution is -0.387. The molecule has 0 spiro atoms. The van der Waals surface area contributed by atoms with Gasteiger partial charge in [0.15, 0.2) is 0 Å². The fourth-order valence-electron chi connectivity index (χ4n) is 4.74. The largest absolute Gasteiger partial charge is 0.341 e. The van der Waals surface area contributed by atoms with Gasteiger partial charge in [-0.2, -0.15) is 20.1 Å². The molecule has 3 heterocycles. The highest BCUT2D eigenvalue weighted by Gasteiger charge is 2.22. The van der Waals surface area contributed by atoms with Gasteiger partial charge in [0.2, 0.25) is 11.9 Å². The zero-order valence-electron chi connectivity index (χ0n) is 22.5. The second-order valence-electron chi connectivity index (χ2n) is 10.00. The molecule has 0 unspecified atom stereocenters. The fourth-order valence-corrected chi connectivity index (χ4v) is 5.64. The van der Waals surface area contributed by atoms with Gasteiger partial charge in [-0.05, 0) is 63.6 Å². The molecule has 11 heteroatoms. The molecule has 0 radical (unpaired) electrons. The number of piperidine rings is 2. The van der Waals surface area contributed by atoms with Crippen LogP contribution in [0, 0.1) is 17.0 Å². The van der Waals surface area contributed by atoms with E-state index in [9.17, 15) is 10.1 Å². The van der Waals surface area contributed by atoms with E-state index >= 15 is 0 Å². The average Bonchev–Trinajstić information content (AvgIpc) is 2.98. The number of hydrogen-bond donors (Lipinski definition) is 0. The maximum absolute atomic E-state index is 11.9. The molecule has 0 saturated carbocycles. The Hall–Kier alpha value is -3.73. The summed E-state index contributed by atoms with van der Waals surface area (Å²) in [6, 6.07) is 13.1. The van der Waals surface area contributed by atoms with Crippen molar-refractivity contribution in [2.75, 3.05) is 48.0 Å². The van der Waals surface area contributed by atoms with E-state index in [2.05, 4.69) is 14.9 Å². The van der Waals surface area contributed by atoms with Crippen LogP contribution in [0.25, 0.3) is 0 Å². The first-order chi connectivity index (χ1) is 19.0. The van der Waals surface area contributed by atoms with Crippen LogP contribution < -0.4 is 14.8 Å². The molecule has 1 aromatic heterocycles. The number of hydrogen-bond acceptors (Lipinski definition) is 10. The molecule has 3 aromatic rings. The number of benzene rings is 2. The third kappa shape index (κ3) is 6.83. The zero-order chi connectivity index (χ0) is 27.2. The van der Waals surface area contributed by atoms with Crippen molar-refractivity contribution in [3.8, 4) is 0 Å². The molecule has 2 aliphatic heterocycles. The van der Waals surface area contributed by atoms with Crippen molar-refractivity contribution in [3.05, 3.63) is 63.7 Å². The molecule has 2 aromatic carbocycles. The van der Waals surface area contributed by atoms with Crippen molar-refractivity contribution >= 4 is 41.5 Å². The lowest BCUT2D eigenvalue weighted by Gasteiger charge is -2.30. The maximum Gasteiger partial charge on any atom is 0.283 e. The molecule has 2 saturated heterocycles. The van der Waals surface area contributed by atoms with Gasteiger partial charge in [-0.15, -0.1) is 0 Å². The first-order valence-corrected chi connectivity index (χ1v) is 14.3. The third-order valence-electron chi connectivity index (χ3n) is 6.98. The van der Waals surface area contributed by atoms with E-state index in [1.807, 2.05) is 37.3 Å². The second kappa shape index (κ2) is 12.4. The van der Waals surface area contributed by atoms with Crippen molar-refractivity contribution in [1.82, 2.24) is 15.0 Å². The van der Waals surface area contributed by atoms with E-state index < -0.39 is 0 Å². The number of nitro groups is 1. The predicted molar refractivity (Wildman–Crippen MR) is 156 cm³/mol. The van der Waals surface area contributed by atoms with E-state index in [-0.39, 0.29) is 10.6 Å². The van der Waals surface area contributed by atoms with Crippen molar-refractivity contribution in [2.45, 2.75) is 55.2 Å². The molecule has 204 valence electrons. The lowest BCUT2D eigenvalue weighted by Crippen LogP contribution is -2.35. The number of hydrazone groups is 1. The predicted octanol–water partition coefficient (Wildman–Crippen LogP) is 5.69. The fraction of sp³-hybridized carbons (Fsp3) is 0.429. The van der Waals surface area contributed by atoms with Crippen molar-refractivity contribution in [3.63, 3.8) is 0 Å². The summed E-state index contributed by atoms with van der Waals surface area (Å²) in [5.41, 5.74) is 1.82. The Morgan fingerprint density at radius 2 is 1.49 bits per heavy atom. The van der Waals surface area contributed by atoms with Gasteiger partial charge in [-0.25, -0.2) is 5.01 Å². The van der Waals surface area contributed by atoms with Crippen LogP contribution in [0.3, 0.4) is 0 Å². The van der Waals surface area contributed by atoms with Gasteiger partial charge in [-0.1, -0.05) is 35.5 Å². The molecule has 0 aliphatic carbocycles. The highest BCUT2D eigenvalue weighted by Crippen LogP contribution is 2.35. The van der Waals surface area contributed by atoms with Gasteiger partial charge >= 0.3 is 0 Å². The normalized spacial score (nSPS) is 16.1. The zero-order valence-corrected chi connectivity index (χ0v) is 23.3. The summed E-state index contributed by atoms with van der Waals surface area (Å²) in [5.74, 6) is 1.84. The Balaban J connectivity index is 1.38. The van der Waals surface area contributed by atoms with E-state index in [1.165, 1.54) is 24.6 Å².